The van der Waals surface area contributed by atoms with Gasteiger partial charge in [-0.15, -0.1) is 0 Å². The molecular weight excluding hydrogens is 290 g/mol. The second-order valence-electron chi connectivity index (χ2n) is 0.513. The van der Waals surface area contributed by atoms with Crippen LogP contribution in [0.15, 0.2) is 0 Å². The van der Waals surface area contributed by atoms with Crippen molar-refractivity contribution in [3.8, 4) is 0 Å². The predicted octanol–water partition coefficient (Wildman–Crippen LogP) is -8.36. The van der Waals surface area contributed by atoms with Gasteiger partial charge in [0.2, 0.25) is 0 Å². The minimum absolute atomic E-state index is 0. The number of rotatable bonds is 0. The molecule has 0 aliphatic heterocycles. The summed E-state index contributed by atoms with van der Waals surface area (Å²) in [6, 6.07) is 0. The molecule has 0 rings (SSSR count). The smallest absolute Gasteiger partial charge is 1.00 e. The van der Waals surface area contributed by atoms with Crippen LogP contribution < -0.4 is 51.4 Å². The van der Waals surface area contributed by atoms with E-state index in [-0.39, 0.29) is 96.4 Å². The van der Waals surface area contributed by atoms with Gasteiger partial charge in [0.15, 0.2) is 0 Å². The zero-order chi connectivity index (χ0) is 4.50. The molecule has 0 amide bonds. The first-order valence-corrected chi connectivity index (χ1v) is 4.07. The van der Waals surface area contributed by atoms with Crippen LogP contribution in [-0.2, 0) is 25.5 Å². The topological polar surface area (TPSA) is 204 Å². The summed E-state index contributed by atoms with van der Waals surface area (Å²) in [7, 11) is 0. The molecule has 8 nitrogen and oxygen atoms in total. The summed E-state index contributed by atoms with van der Waals surface area (Å²) in [5, 5.41) is 0. The average molecular weight is 302 g/mol. The van der Waals surface area contributed by atoms with Crippen LogP contribution in [0.4, 0.5) is 0 Å². The normalized spacial score (nSPS) is 5.36. The number of hydrogen-bond donors (Lipinski definition) is 3. The van der Waals surface area contributed by atoms with Crippen LogP contribution in [0.2, 0.25) is 0 Å². The fourth-order valence-electron chi connectivity index (χ4n) is 0. The van der Waals surface area contributed by atoms with Crippen molar-refractivity contribution in [3.05, 3.63) is 0 Å². The molecule has 11 N–H and O–H groups in total. The first-order valence-electron chi connectivity index (χ1n) is 0.783. The largest absolute Gasteiger partial charge is 1.00 e. The maximum Gasteiger partial charge on any atom is 1.00 e. The fourth-order valence-corrected chi connectivity index (χ4v) is 0. The predicted molar refractivity (Wildman–Crippen MR) is 28.7 cm³/mol. The van der Waals surface area contributed by atoms with Gasteiger partial charge in [-0.05, 0) is 0 Å². The van der Waals surface area contributed by atoms with Crippen molar-refractivity contribution in [1.82, 2.24) is 0 Å². The molecule has 0 saturated carbocycles. The summed E-state index contributed by atoms with van der Waals surface area (Å²) in [5.41, 5.74) is 0. The Labute approximate surface area is 125 Å². The summed E-state index contributed by atoms with van der Waals surface area (Å²) < 4.78 is 30.7. The van der Waals surface area contributed by atoms with Gasteiger partial charge in [0.05, 0.1) is 0 Å². The Hall–Kier alpha value is 2.43. The van der Waals surface area contributed by atoms with Gasteiger partial charge in [-0.2, -0.15) is 0 Å². The van der Waals surface area contributed by atoms with E-state index in [1.807, 2.05) is 0 Å². The molecule has 11 heavy (non-hydrogen) atoms. The van der Waals surface area contributed by atoms with Crippen molar-refractivity contribution in [3.63, 3.8) is 0 Å². The standard InChI is InChI=1S/AsH3O4.K.4H2O.Ti.H/c2-1(3,4)5;;;;;;;/h(H3,2,3,4,5);;4*1H2;;/q;+1;;;;;;-1. The van der Waals surface area contributed by atoms with Crippen molar-refractivity contribution in [1.29, 1.82) is 0 Å². The average Bonchev–Trinajstić information content (AvgIpc) is 0.722. The molecule has 0 aromatic heterocycles. The van der Waals surface area contributed by atoms with Gasteiger partial charge >= 0.3 is 81.9 Å². The third-order valence-electron chi connectivity index (χ3n) is 0. The Morgan fingerprint density at radius 1 is 0.909 bits per heavy atom. The van der Waals surface area contributed by atoms with Crippen molar-refractivity contribution in [2.24, 2.45) is 0 Å². The van der Waals surface area contributed by atoms with E-state index in [0.717, 1.165) is 0 Å². The molecule has 0 aliphatic rings. The quantitative estimate of drug-likeness (QED) is 0.372. The monoisotopic (exact) mass is 302 g/mol. The molecule has 0 unspecified atom stereocenters. The van der Waals surface area contributed by atoms with Crippen LogP contribution in [-0.4, -0.2) is 48.7 Å². The second-order valence-corrected chi connectivity index (χ2v) is 2.67. The van der Waals surface area contributed by atoms with E-state index >= 15 is 0 Å². The summed E-state index contributed by atoms with van der Waals surface area (Å²) in [5.74, 6) is 0. The van der Waals surface area contributed by atoms with Crippen molar-refractivity contribution >= 4 is 14.5 Å². The Morgan fingerprint density at radius 3 is 0.909 bits per heavy atom. The molecule has 0 fully saturated rings. The van der Waals surface area contributed by atoms with Crippen LogP contribution in [0.1, 0.15) is 1.43 Å². The van der Waals surface area contributed by atoms with Crippen molar-refractivity contribution < 1.29 is 112 Å². The molecule has 70 valence electrons. The van der Waals surface area contributed by atoms with E-state index in [2.05, 4.69) is 0 Å². The van der Waals surface area contributed by atoms with E-state index < -0.39 is 14.5 Å². The molecule has 0 spiro atoms. The van der Waals surface area contributed by atoms with E-state index in [0.29, 0.717) is 0 Å². The second kappa shape index (κ2) is 22.9. The molecule has 0 bridgehead atoms. The van der Waals surface area contributed by atoms with E-state index in [9.17, 15) is 0 Å². The van der Waals surface area contributed by atoms with Crippen LogP contribution >= 0.6 is 0 Å². The minimum Gasteiger partial charge on any atom is -1.00 e. The molecule has 0 heterocycles. The zero-order valence-electron chi connectivity index (χ0n) is 6.70. The van der Waals surface area contributed by atoms with E-state index in [1.54, 1.807) is 0 Å². The van der Waals surface area contributed by atoms with Crippen molar-refractivity contribution in [2.45, 2.75) is 0 Å². The van der Waals surface area contributed by atoms with Crippen LogP contribution in [0.5, 0.6) is 0 Å². The Morgan fingerprint density at radius 2 is 0.909 bits per heavy atom. The van der Waals surface area contributed by atoms with Gasteiger partial charge in [0.25, 0.3) is 0 Å². The zero-order valence-corrected chi connectivity index (χ0v) is 12.3. The van der Waals surface area contributed by atoms with Gasteiger partial charge in [-0.25, -0.2) is 0 Å². The van der Waals surface area contributed by atoms with Crippen LogP contribution in [0, 0.1) is 0 Å². The summed E-state index contributed by atoms with van der Waals surface area (Å²) in [6.45, 7) is 0. The van der Waals surface area contributed by atoms with Crippen molar-refractivity contribution in [2.75, 3.05) is 0 Å². The third kappa shape index (κ3) is 229. The summed E-state index contributed by atoms with van der Waals surface area (Å²) in [4.78, 5) is 0. The summed E-state index contributed by atoms with van der Waals surface area (Å²) >= 11 is -5.12. The van der Waals surface area contributed by atoms with Gasteiger partial charge in [-0.1, -0.05) is 0 Å². The molecule has 0 aliphatic carbocycles. The summed E-state index contributed by atoms with van der Waals surface area (Å²) in [6.07, 6.45) is 0. The van der Waals surface area contributed by atoms with Crippen LogP contribution in [0.3, 0.4) is 0 Å². The van der Waals surface area contributed by atoms with Gasteiger partial charge < -0.3 is 23.3 Å². The first kappa shape index (κ1) is 50.2. The van der Waals surface area contributed by atoms with Gasteiger partial charge in [-0.3, -0.25) is 0 Å². The molecule has 0 radical (unpaired) electrons. The number of hydrogen-bond acceptors (Lipinski definition) is 1. The van der Waals surface area contributed by atoms with E-state index in [4.69, 9.17) is 16.0 Å². The Balaban J connectivity index is -0.00000000381. The third-order valence-corrected chi connectivity index (χ3v) is 0. The molecule has 0 aromatic rings. The maximum absolute atomic E-state index is 8.94. The SMILES string of the molecule is O.O.O.O.O=[As](O)(O)O.[H-].[K+].[Ti]. The first-order chi connectivity index (χ1) is 2.00. The maximum atomic E-state index is 8.94. The Kier molecular flexibility index (Phi) is 104. The Bertz CT molecular complexity index is 65.2. The molecule has 0 atom stereocenters. The van der Waals surface area contributed by atoms with E-state index in [1.165, 1.54) is 0 Å². The fraction of sp³-hybridized carbons (Fsp3) is 0. The minimum atomic E-state index is -5.12. The van der Waals surface area contributed by atoms with Gasteiger partial charge in [0, 0.05) is 21.7 Å². The van der Waals surface area contributed by atoms with Gasteiger partial charge in [0.1, 0.15) is 0 Å². The van der Waals surface area contributed by atoms with Crippen LogP contribution in [0.25, 0.3) is 0 Å². The molecule has 11 heteroatoms. The molecule has 0 saturated heterocycles. The molecular formula is H12AsKO8Ti. The molecule has 0 aromatic carbocycles.